The Morgan fingerprint density at radius 2 is 2.14 bits per heavy atom. The van der Waals surface area contributed by atoms with E-state index >= 15 is 0 Å². The third kappa shape index (κ3) is 3.67. The summed E-state index contributed by atoms with van der Waals surface area (Å²) >= 11 is 1.80. The van der Waals surface area contributed by atoms with Gasteiger partial charge in [0.1, 0.15) is 0 Å². The van der Waals surface area contributed by atoms with Gasteiger partial charge in [-0.05, 0) is 43.0 Å². The summed E-state index contributed by atoms with van der Waals surface area (Å²) in [5.41, 5.74) is 0. The molecule has 0 bridgehead atoms. The van der Waals surface area contributed by atoms with Gasteiger partial charge in [0.05, 0.1) is 11.3 Å². The molecule has 2 aromatic rings. The molecule has 0 unspecified atom stereocenters. The Balaban J connectivity index is 1.46. The molecule has 1 aliphatic heterocycles. The van der Waals surface area contributed by atoms with Crippen molar-refractivity contribution in [3.05, 3.63) is 48.6 Å². The van der Waals surface area contributed by atoms with Crippen LogP contribution < -0.4 is 0 Å². The lowest BCUT2D eigenvalue weighted by Gasteiger charge is -2.31. The Morgan fingerprint density at radius 3 is 2.81 bits per heavy atom. The first-order valence-corrected chi connectivity index (χ1v) is 8.18. The second kappa shape index (κ2) is 6.80. The number of nitrogens with zero attached hydrogens (tertiary/aromatic N) is 2. The maximum absolute atomic E-state index is 12.2. The molecule has 0 saturated carbocycles. The number of rotatable bonds is 4. The molecular weight excluding hydrogens is 284 g/mol. The molecule has 0 aliphatic carbocycles. The number of amides is 1. The first-order chi connectivity index (χ1) is 10.3. The van der Waals surface area contributed by atoms with E-state index in [1.165, 1.54) is 0 Å². The van der Waals surface area contributed by atoms with Crippen LogP contribution in [0.2, 0.25) is 0 Å². The van der Waals surface area contributed by atoms with Crippen molar-refractivity contribution in [2.75, 3.05) is 18.8 Å². The van der Waals surface area contributed by atoms with Gasteiger partial charge in [-0.2, -0.15) is 0 Å². The summed E-state index contributed by atoms with van der Waals surface area (Å²) in [6, 6.07) is 9.47. The van der Waals surface area contributed by atoms with Gasteiger partial charge in [0.25, 0.3) is 5.91 Å². The fourth-order valence-electron chi connectivity index (χ4n) is 2.49. The standard InChI is InChI=1S/C16H18N2O2S/c19-16(14-4-3-11-20-14)18-9-6-13(7-10-18)12-21-15-5-1-2-8-17-15/h1-5,8,11,13H,6-7,9-10,12H2. The second-order valence-corrected chi connectivity index (χ2v) is 6.23. The predicted octanol–water partition coefficient (Wildman–Crippen LogP) is 3.32. The number of pyridine rings is 1. The highest BCUT2D eigenvalue weighted by Crippen LogP contribution is 2.25. The number of hydrogen-bond donors (Lipinski definition) is 0. The maximum atomic E-state index is 12.2. The average Bonchev–Trinajstić information content (AvgIpc) is 3.08. The summed E-state index contributed by atoms with van der Waals surface area (Å²) in [7, 11) is 0. The van der Waals surface area contributed by atoms with Crippen molar-refractivity contribution >= 4 is 17.7 Å². The fraction of sp³-hybridized carbons (Fsp3) is 0.375. The number of furan rings is 1. The quantitative estimate of drug-likeness (QED) is 0.813. The lowest BCUT2D eigenvalue weighted by molar-refractivity contribution is 0.0666. The molecule has 2 aromatic heterocycles. The number of carbonyl (C=O) groups excluding carboxylic acids is 1. The van der Waals surface area contributed by atoms with Crippen LogP contribution in [0.4, 0.5) is 0 Å². The van der Waals surface area contributed by atoms with Crippen LogP contribution in [-0.4, -0.2) is 34.6 Å². The van der Waals surface area contributed by atoms with Crippen molar-refractivity contribution in [2.45, 2.75) is 17.9 Å². The molecule has 110 valence electrons. The Morgan fingerprint density at radius 1 is 1.29 bits per heavy atom. The number of carbonyl (C=O) groups is 1. The molecule has 0 spiro atoms. The minimum atomic E-state index is 0.0100. The van der Waals surface area contributed by atoms with Gasteiger partial charge in [-0.25, -0.2) is 4.98 Å². The zero-order valence-corrected chi connectivity index (χ0v) is 12.6. The van der Waals surface area contributed by atoms with E-state index in [0.717, 1.165) is 36.7 Å². The fourth-order valence-corrected chi connectivity index (χ4v) is 3.54. The molecule has 3 heterocycles. The van der Waals surface area contributed by atoms with E-state index in [1.807, 2.05) is 29.3 Å². The smallest absolute Gasteiger partial charge is 0.289 e. The molecule has 0 radical (unpaired) electrons. The summed E-state index contributed by atoms with van der Waals surface area (Å²) < 4.78 is 5.18. The van der Waals surface area contributed by atoms with Gasteiger partial charge in [0.2, 0.25) is 0 Å². The zero-order valence-electron chi connectivity index (χ0n) is 11.8. The van der Waals surface area contributed by atoms with Crippen molar-refractivity contribution in [1.29, 1.82) is 0 Å². The number of thioether (sulfide) groups is 1. The van der Waals surface area contributed by atoms with Crippen LogP contribution >= 0.6 is 11.8 Å². The number of likely N-dealkylation sites (tertiary alicyclic amines) is 1. The number of piperidine rings is 1. The van der Waals surface area contributed by atoms with Crippen molar-refractivity contribution < 1.29 is 9.21 Å². The van der Waals surface area contributed by atoms with E-state index in [0.29, 0.717) is 11.7 Å². The summed E-state index contributed by atoms with van der Waals surface area (Å²) in [5, 5.41) is 1.08. The van der Waals surface area contributed by atoms with Crippen molar-refractivity contribution in [3.63, 3.8) is 0 Å². The molecule has 3 rings (SSSR count). The molecule has 1 saturated heterocycles. The summed E-state index contributed by atoms with van der Waals surface area (Å²) in [4.78, 5) is 18.4. The number of hydrogen-bond acceptors (Lipinski definition) is 4. The first-order valence-electron chi connectivity index (χ1n) is 7.19. The van der Waals surface area contributed by atoms with E-state index in [-0.39, 0.29) is 5.91 Å². The van der Waals surface area contributed by atoms with Gasteiger partial charge in [0.15, 0.2) is 5.76 Å². The minimum Gasteiger partial charge on any atom is -0.459 e. The van der Waals surface area contributed by atoms with Crippen molar-refractivity contribution in [1.82, 2.24) is 9.88 Å². The lowest BCUT2D eigenvalue weighted by Crippen LogP contribution is -2.38. The molecule has 1 amide bonds. The van der Waals surface area contributed by atoms with Crippen LogP contribution in [0.3, 0.4) is 0 Å². The summed E-state index contributed by atoms with van der Waals surface area (Å²) in [6.45, 7) is 1.62. The molecule has 21 heavy (non-hydrogen) atoms. The average molecular weight is 302 g/mol. The Hall–Kier alpha value is -1.75. The van der Waals surface area contributed by atoms with Crippen LogP contribution in [0.1, 0.15) is 23.4 Å². The first kappa shape index (κ1) is 14.2. The van der Waals surface area contributed by atoms with Gasteiger partial charge in [-0.15, -0.1) is 11.8 Å². The van der Waals surface area contributed by atoms with Crippen LogP contribution in [0.25, 0.3) is 0 Å². The highest BCUT2D eigenvalue weighted by atomic mass is 32.2. The maximum Gasteiger partial charge on any atom is 0.289 e. The van der Waals surface area contributed by atoms with Crippen molar-refractivity contribution in [2.24, 2.45) is 5.92 Å². The van der Waals surface area contributed by atoms with Crippen LogP contribution in [0, 0.1) is 5.92 Å². The molecule has 4 nitrogen and oxygen atoms in total. The highest BCUT2D eigenvalue weighted by Gasteiger charge is 2.24. The minimum absolute atomic E-state index is 0.0100. The van der Waals surface area contributed by atoms with Gasteiger partial charge in [0, 0.05) is 25.0 Å². The molecule has 5 heteroatoms. The van der Waals surface area contributed by atoms with E-state index in [4.69, 9.17) is 4.42 Å². The monoisotopic (exact) mass is 302 g/mol. The third-order valence-corrected chi connectivity index (χ3v) is 4.91. The van der Waals surface area contributed by atoms with E-state index in [2.05, 4.69) is 4.98 Å². The van der Waals surface area contributed by atoms with E-state index in [9.17, 15) is 4.79 Å². The van der Waals surface area contributed by atoms with Gasteiger partial charge < -0.3 is 9.32 Å². The van der Waals surface area contributed by atoms with Crippen LogP contribution in [0.5, 0.6) is 0 Å². The predicted molar refractivity (Wildman–Crippen MR) is 82.3 cm³/mol. The second-order valence-electron chi connectivity index (χ2n) is 5.19. The molecular formula is C16H18N2O2S. The van der Waals surface area contributed by atoms with Gasteiger partial charge in [-0.3, -0.25) is 4.79 Å². The van der Waals surface area contributed by atoms with Gasteiger partial charge in [-0.1, -0.05) is 6.07 Å². The largest absolute Gasteiger partial charge is 0.459 e. The Bertz CT molecular complexity index is 563. The van der Waals surface area contributed by atoms with Crippen LogP contribution in [0.15, 0.2) is 52.2 Å². The van der Waals surface area contributed by atoms with Crippen molar-refractivity contribution in [3.8, 4) is 0 Å². The van der Waals surface area contributed by atoms with E-state index < -0.39 is 0 Å². The van der Waals surface area contributed by atoms with Gasteiger partial charge >= 0.3 is 0 Å². The highest BCUT2D eigenvalue weighted by molar-refractivity contribution is 7.99. The van der Waals surface area contributed by atoms with E-state index in [1.54, 1.807) is 30.2 Å². The summed E-state index contributed by atoms with van der Waals surface area (Å²) in [6.07, 6.45) is 5.47. The topological polar surface area (TPSA) is 46.3 Å². The summed E-state index contributed by atoms with van der Waals surface area (Å²) in [5.74, 6) is 2.17. The lowest BCUT2D eigenvalue weighted by atomic mass is 9.99. The van der Waals surface area contributed by atoms with Crippen LogP contribution in [-0.2, 0) is 0 Å². The zero-order chi connectivity index (χ0) is 14.5. The molecule has 1 fully saturated rings. The Kier molecular flexibility index (Phi) is 4.60. The third-order valence-electron chi connectivity index (χ3n) is 3.74. The molecule has 1 aliphatic rings. The SMILES string of the molecule is O=C(c1ccco1)N1CCC(CSc2ccccn2)CC1. The Labute approximate surface area is 128 Å². The normalized spacial score (nSPS) is 16.1. The molecule has 0 N–H and O–H groups in total. The molecule has 0 atom stereocenters. The molecule has 0 aromatic carbocycles. The number of aromatic nitrogens is 1.